The summed E-state index contributed by atoms with van der Waals surface area (Å²) in [5.41, 5.74) is 12.9. The first kappa shape index (κ1) is 32.4. The third-order valence-electron chi connectivity index (χ3n) is 6.18. The highest BCUT2D eigenvalue weighted by Gasteiger charge is 2.29. The molecule has 7 N–H and O–H groups in total. The van der Waals surface area contributed by atoms with Crippen LogP contribution in [0, 0.1) is 5.82 Å². The second kappa shape index (κ2) is 15.7. The number of nitrogens with two attached hydrogens (primary N) is 2. The quantitative estimate of drug-likeness (QED) is 0.193. The summed E-state index contributed by atoms with van der Waals surface area (Å²) in [5.74, 6) is -2.92. The Labute approximate surface area is 234 Å². The molecule has 0 heterocycles. The van der Waals surface area contributed by atoms with Crippen molar-refractivity contribution < 1.29 is 32.9 Å². The van der Waals surface area contributed by atoms with E-state index in [0.717, 1.165) is 0 Å². The number of phenols is 1. The smallest absolute Gasteiger partial charge is 0.243 e. The van der Waals surface area contributed by atoms with Crippen LogP contribution in [-0.2, 0) is 42.8 Å². The number of hydrogen-bond donors (Lipinski definition) is 5. The van der Waals surface area contributed by atoms with E-state index in [1.807, 2.05) is 0 Å². The van der Waals surface area contributed by atoms with Crippen LogP contribution in [0.4, 0.5) is 4.39 Å². The van der Waals surface area contributed by atoms with Gasteiger partial charge in [0, 0.05) is 35.8 Å². The average molecular weight is 578 g/mol. The van der Waals surface area contributed by atoms with Crippen molar-refractivity contribution in [3.8, 4) is 5.75 Å². The number of hydrogen-bond acceptors (Lipinski definition) is 7. The number of primary amides is 1. The van der Waals surface area contributed by atoms with Gasteiger partial charge in [-0.1, -0.05) is 24.3 Å². The predicted octanol–water partition coefficient (Wildman–Crippen LogP) is -0.284. The number of carbonyl (C=O) groups excluding carboxylic acids is 4. The molecule has 0 saturated heterocycles. The third-order valence-corrected chi connectivity index (χ3v) is 6.99. The second-order valence-corrected chi connectivity index (χ2v) is 10.8. The highest BCUT2D eigenvalue weighted by atomic mass is 32.2. The molecule has 0 aliphatic carbocycles. The van der Waals surface area contributed by atoms with Gasteiger partial charge < -0.3 is 32.1 Å². The number of aromatic hydroxyl groups is 1. The molecule has 0 aliphatic rings. The molecule has 2 rings (SSSR count). The Balaban J connectivity index is 2.05. The minimum Gasteiger partial charge on any atom is -0.508 e. The first-order valence-corrected chi connectivity index (χ1v) is 14.4. The van der Waals surface area contributed by atoms with Gasteiger partial charge in [-0.15, -0.1) is 0 Å². The number of nitrogens with zero attached hydrogens (tertiary/aromatic N) is 1. The normalized spacial score (nSPS) is 13.9. The summed E-state index contributed by atoms with van der Waals surface area (Å²) < 4.78 is 24.9. The molecule has 4 amide bonds. The molecule has 0 unspecified atom stereocenters. The molecule has 0 aromatic heterocycles. The number of nitrogens with one attached hydrogen (secondary N) is 2. The van der Waals surface area contributed by atoms with Gasteiger partial charge in [0.2, 0.25) is 23.6 Å². The lowest BCUT2D eigenvalue weighted by atomic mass is 10.0. The summed E-state index contributed by atoms with van der Waals surface area (Å²) in [4.78, 5) is 52.1. The van der Waals surface area contributed by atoms with Crippen molar-refractivity contribution in [2.75, 3.05) is 25.1 Å². The van der Waals surface area contributed by atoms with E-state index in [1.165, 1.54) is 47.6 Å². The fourth-order valence-electron chi connectivity index (χ4n) is 3.98. The monoisotopic (exact) mass is 577 g/mol. The molecule has 2 aromatic carbocycles. The van der Waals surface area contributed by atoms with E-state index in [4.69, 9.17) is 11.5 Å². The van der Waals surface area contributed by atoms with Crippen molar-refractivity contribution in [1.82, 2.24) is 15.5 Å². The Hall–Kier alpha value is -3.84. The van der Waals surface area contributed by atoms with Crippen LogP contribution in [-0.4, -0.2) is 81.1 Å². The van der Waals surface area contributed by atoms with Crippen LogP contribution in [0.1, 0.15) is 24.5 Å². The van der Waals surface area contributed by atoms with Crippen LogP contribution in [0.3, 0.4) is 0 Å². The minimum absolute atomic E-state index is 0.0345. The van der Waals surface area contributed by atoms with Gasteiger partial charge >= 0.3 is 0 Å². The number of carbonyl (C=O) groups is 4. The Kier molecular flexibility index (Phi) is 12.7. The van der Waals surface area contributed by atoms with E-state index < -0.39 is 64.9 Å². The highest BCUT2D eigenvalue weighted by molar-refractivity contribution is 7.84. The van der Waals surface area contributed by atoms with E-state index in [2.05, 4.69) is 10.6 Å². The summed E-state index contributed by atoms with van der Waals surface area (Å²) in [6.07, 6.45) is 1.70. The molecule has 0 spiro atoms. The van der Waals surface area contributed by atoms with Crippen LogP contribution in [0.2, 0.25) is 0 Å². The fraction of sp³-hybridized carbons (Fsp3) is 0.407. The zero-order valence-corrected chi connectivity index (χ0v) is 23.3. The predicted molar refractivity (Wildman–Crippen MR) is 149 cm³/mol. The molecule has 0 bridgehead atoms. The number of likely N-dealkylation sites (N-methyl/N-ethyl adjacent to an activating group) is 1. The van der Waals surface area contributed by atoms with Crippen LogP contribution >= 0.6 is 0 Å². The summed E-state index contributed by atoms with van der Waals surface area (Å²) >= 11 is 0. The van der Waals surface area contributed by atoms with Crippen LogP contribution in [0.15, 0.2) is 48.5 Å². The van der Waals surface area contributed by atoms with E-state index in [0.29, 0.717) is 11.1 Å². The summed E-state index contributed by atoms with van der Waals surface area (Å²) in [5, 5.41) is 14.4. The molecular weight excluding hydrogens is 541 g/mol. The summed E-state index contributed by atoms with van der Waals surface area (Å²) in [7, 11) is -1.25. The maximum atomic E-state index is 13.3. The lowest BCUT2D eigenvalue weighted by Gasteiger charge is -2.29. The molecule has 11 nitrogen and oxygen atoms in total. The van der Waals surface area contributed by atoms with Crippen molar-refractivity contribution in [3.63, 3.8) is 0 Å². The zero-order chi connectivity index (χ0) is 29.8. The van der Waals surface area contributed by atoms with E-state index >= 15 is 0 Å². The Morgan fingerprint density at radius 3 is 2.12 bits per heavy atom. The number of phenolic OH excluding ortho intramolecular Hbond substituents is 1. The topological polar surface area (TPSA) is 185 Å². The molecule has 40 heavy (non-hydrogen) atoms. The first-order valence-electron chi connectivity index (χ1n) is 12.7. The van der Waals surface area contributed by atoms with Gasteiger partial charge in [0.15, 0.2) is 0 Å². The summed E-state index contributed by atoms with van der Waals surface area (Å²) in [6, 6.07) is 8.46. The molecule has 4 atom stereocenters. The SMILES string of the molecule is CCN(C(=O)CNC(=O)[C@H](CC[S@](C)=O)NC(=O)[C@H](N)Cc1ccc(O)cc1)[C@@H](Cc1ccc(F)cc1)C(N)=O. The molecule has 0 saturated carbocycles. The summed E-state index contributed by atoms with van der Waals surface area (Å²) in [6.45, 7) is 1.28. The molecule has 2 aromatic rings. The van der Waals surface area contributed by atoms with Crippen molar-refractivity contribution in [1.29, 1.82) is 0 Å². The largest absolute Gasteiger partial charge is 0.508 e. The molecule has 218 valence electrons. The van der Waals surface area contributed by atoms with Gasteiger partial charge in [-0.25, -0.2) is 4.39 Å². The molecule has 0 aliphatic heterocycles. The second-order valence-electron chi connectivity index (χ2n) is 9.25. The van der Waals surface area contributed by atoms with Gasteiger partial charge in [0.1, 0.15) is 23.7 Å². The van der Waals surface area contributed by atoms with Gasteiger partial charge in [-0.3, -0.25) is 23.4 Å². The third kappa shape index (κ3) is 10.4. The minimum atomic E-state index is -1.25. The fourth-order valence-corrected chi connectivity index (χ4v) is 4.54. The van der Waals surface area contributed by atoms with Crippen LogP contribution in [0.25, 0.3) is 0 Å². The van der Waals surface area contributed by atoms with E-state index in [9.17, 15) is 32.9 Å². The van der Waals surface area contributed by atoms with Crippen molar-refractivity contribution in [2.24, 2.45) is 11.5 Å². The van der Waals surface area contributed by atoms with Gasteiger partial charge in [-0.05, 0) is 55.2 Å². The lowest BCUT2D eigenvalue weighted by molar-refractivity contribution is -0.139. The van der Waals surface area contributed by atoms with Crippen LogP contribution < -0.4 is 22.1 Å². The van der Waals surface area contributed by atoms with Gasteiger partial charge in [0.25, 0.3) is 0 Å². The Bertz CT molecular complexity index is 1190. The number of benzene rings is 2. The number of rotatable bonds is 15. The number of amides is 4. The molecule has 13 heteroatoms. The van der Waals surface area contributed by atoms with Crippen molar-refractivity contribution >= 4 is 34.4 Å². The first-order chi connectivity index (χ1) is 18.9. The Morgan fingerprint density at radius 2 is 1.57 bits per heavy atom. The standard InChI is InChI=1S/C27H36FN5O6S/c1-3-33(23(25(30)36)15-18-4-8-19(28)9-5-18)24(35)16-31-27(38)22(12-13-40(2)39)32-26(37)21(29)14-17-6-10-20(34)11-7-17/h4-11,21-23,34H,3,12-16,29H2,1-2H3,(H2,30,36)(H,31,38)(H,32,37)/t21-,22+,23+,40+/m1/s1. The maximum absolute atomic E-state index is 13.3. The van der Waals surface area contributed by atoms with E-state index in [1.54, 1.807) is 19.1 Å². The highest BCUT2D eigenvalue weighted by Crippen LogP contribution is 2.12. The van der Waals surface area contributed by atoms with Crippen molar-refractivity contribution in [2.45, 2.75) is 44.3 Å². The zero-order valence-electron chi connectivity index (χ0n) is 22.5. The van der Waals surface area contributed by atoms with E-state index in [-0.39, 0.29) is 37.3 Å². The Morgan fingerprint density at radius 1 is 1.00 bits per heavy atom. The molecular formula is C27H36FN5O6S. The lowest BCUT2D eigenvalue weighted by Crippen LogP contribution is -2.55. The molecule has 0 fully saturated rings. The number of halogens is 1. The molecule has 0 radical (unpaired) electrons. The van der Waals surface area contributed by atoms with Gasteiger partial charge in [0.05, 0.1) is 12.6 Å². The maximum Gasteiger partial charge on any atom is 0.243 e. The van der Waals surface area contributed by atoms with Gasteiger partial charge in [-0.2, -0.15) is 0 Å². The van der Waals surface area contributed by atoms with Crippen molar-refractivity contribution in [3.05, 3.63) is 65.5 Å². The van der Waals surface area contributed by atoms with Crippen LogP contribution in [0.5, 0.6) is 5.75 Å². The average Bonchev–Trinajstić information content (AvgIpc) is 2.91.